The molecule has 1 aromatic carbocycles. The standard InChI is InChI=1S/C16H21N3O2.ClH/c17-10-14(11-6-7-11)18-16(21)12-3-1-4-13(9-12)19-8-2-5-15(19)20;/h1,3-4,9,11,14H,2,5-8,10,17H2,(H,18,21);1H. The number of carbonyl (C=O) groups is 2. The fraction of sp³-hybridized carbons (Fsp3) is 0.500. The SMILES string of the molecule is Cl.NCC(NC(=O)c1cccc(N2CCCC2=O)c1)C1CC1. The van der Waals surface area contributed by atoms with Crippen molar-refractivity contribution >= 4 is 29.9 Å². The Morgan fingerprint density at radius 1 is 1.41 bits per heavy atom. The summed E-state index contributed by atoms with van der Waals surface area (Å²) in [6, 6.07) is 7.33. The highest BCUT2D eigenvalue weighted by Gasteiger charge is 2.31. The van der Waals surface area contributed by atoms with Crippen molar-refractivity contribution in [3.63, 3.8) is 0 Å². The molecule has 2 aliphatic rings. The topological polar surface area (TPSA) is 75.4 Å². The molecule has 0 spiro atoms. The first-order valence-electron chi connectivity index (χ1n) is 7.60. The van der Waals surface area contributed by atoms with Gasteiger partial charge in [-0.2, -0.15) is 0 Å². The molecule has 1 aliphatic heterocycles. The molecule has 1 heterocycles. The van der Waals surface area contributed by atoms with Gasteiger partial charge in [-0.1, -0.05) is 6.07 Å². The minimum atomic E-state index is -0.106. The second-order valence-corrected chi connectivity index (χ2v) is 5.85. The van der Waals surface area contributed by atoms with Gasteiger partial charge in [-0.25, -0.2) is 0 Å². The Balaban J connectivity index is 0.00000176. The number of halogens is 1. The number of amides is 2. The lowest BCUT2D eigenvalue weighted by Gasteiger charge is -2.18. The van der Waals surface area contributed by atoms with E-state index < -0.39 is 0 Å². The van der Waals surface area contributed by atoms with Crippen molar-refractivity contribution in [2.24, 2.45) is 11.7 Å². The van der Waals surface area contributed by atoms with Crippen LogP contribution in [0.5, 0.6) is 0 Å². The summed E-state index contributed by atoms with van der Waals surface area (Å²) >= 11 is 0. The van der Waals surface area contributed by atoms with E-state index in [4.69, 9.17) is 5.73 Å². The zero-order chi connectivity index (χ0) is 14.8. The number of nitrogens with one attached hydrogen (secondary N) is 1. The molecular formula is C16H22ClN3O2. The van der Waals surface area contributed by atoms with Crippen molar-refractivity contribution in [2.75, 3.05) is 18.0 Å². The molecule has 120 valence electrons. The third-order valence-corrected chi connectivity index (χ3v) is 4.25. The Labute approximate surface area is 136 Å². The highest BCUT2D eigenvalue weighted by atomic mass is 35.5. The van der Waals surface area contributed by atoms with Crippen molar-refractivity contribution in [2.45, 2.75) is 31.7 Å². The molecule has 1 aliphatic carbocycles. The lowest BCUT2D eigenvalue weighted by molar-refractivity contribution is -0.117. The number of benzene rings is 1. The Morgan fingerprint density at radius 2 is 2.18 bits per heavy atom. The number of hydrogen-bond acceptors (Lipinski definition) is 3. The molecule has 0 bridgehead atoms. The summed E-state index contributed by atoms with van der Waals surface area (Å²) < 4.78 is 0. The second kappa shape index (κ2) is 7.11. The maximum Gasteiger partial charge on any atom is 0.251 e. The normalized spacial score (nSPS) is 18.8. The molecule has 1 aromatic rings. The van der Waals surface area contributed by atoms with Crippen molar-refractivity contribution in [1.82, 2.24) is 5.32 Å². The highest BCUT2D eigenvalue weighted by Crippen LogP contribution is 2.32. The van der Waals surface area contributed by atoms with Gasteiger partial charge in [0.25, 0.3) is 5.91 Å². The maximum atomic E-state index is 12.3. The summed E-state index contributed by atoms with van der Waals surface area (Å²) in [7, 11) is 0. The number of anilines is 1. The smallest absolute Gasteiger partial charge is 0.251 e. The van der Waals surface area contributed by atoms with E-state index in [0.717, 1.165) is 31.5 Å². The lowest BCUT2D eigenvalue weighted by Crippen LogP contribution is -2.41. The molecule has 6 heteroatoms. The largest absolute Gasteiger partial charge is 0.348 e. The predicted octanol–water partition coefficient (Wildman–Crippen LogP) is 1.70. The quantitative estimate of drug-likeness (QED) is 0.866. The molecule has 3 rings (SSSR count). The van der Waals surface area contributed by atoms with E-state index in [-0.39, 0.29) is 30.3 Å². The Bertz CT molecular complexity index is 560. The van der Waals surface area contributed by atoms with Crippen molar-refractivity contribution in [3.8, 4) is 0 Å². The van der Waals surface area contributed by atoms with Crippen molar-refractivity contribution in [3.05, 3.63) is 29.8 Å². The Morgan fingerprint density at radius 3 is 2.77 bits per heavy atom. The minimum absolute atomic E-state index is 0. The molecule has 2 fully saturated rings. The van der Waals surface area contributed by atoms with E-state index >= 15 is 0 Å². The summed E-state index contributed by atoms with van der Waals surface area (Å²) in [4.78, 5) is 25.9. The molecule has 3 N–H and O–H groups in total. The highest BCUT2D eigenvalue weighted by molar-refractivity contribution is 5.99. The predicted molar refractivity (Wildman–Crippen MR) is 88.3 cm³/mol. The van der Waals surface area contributed by atoms with E-state index in [0.29, 0.717) is 24.4 Å². The van der Waals surface area contributed by atoms with Crippen LogP contribution < -0.4 is 16.0 Å². The van der Waals surface area contributed by atoms with Crippen molar-refractivity contribution in [1.29, 1.82) is 0 Å². The van der Waals surface area contributed by atoms with Gasteiger partial charge in [0.2, 0.25) is 5.91 Å². The number of nitrogens with two attached hydrogens (primary N) is 1. The third kappa shape index (κ3) is 3.59. The fourth-order valence-electron chi connectivity index (χ4n) is 2.86. The van der Waals surface area contributed by atoms with E-state index in [2.05, 4.69) is 5.32 Å². The van der Waals surface area contributed by atoms with Crippen LogP contribution in [0.25, 0.3) is 0 Å². The lowest BCUT2D eigenvalue weighted by atomic mass is 10.1. The molecule has 1 atom stereocenters. The van der Waals surface area contributed by atoms with Gasteiger partial charge in [0, 0.05) is 36.8 Å². The Kier molecular flexibility index (Phi) is 5.42. The van der Waals surface area contributed by atoms with Gasteiger partial charge in [-0.05, 0) is 43.4 Å². The molecule has 0 radical (unpaired) electrons. The van der Waals surface area contributed by atoms with Gasteiger partial charge in [0.15, 0.2) is 0 Å². The Hall–Kier alpha value is -1.59. The van der Waals surface area contributed by atoms with Crippen LogP contribution in [0.4, 0.5) is 5.69 Å². The van der Waals surface area contributed by atoms with Crippen LogP contribution in [0.3, 0.4) is 0 Å². The van der Waals surface area contributed by atoms with Crippen LogP contribution in [-0.4, -0.2) is 30.9 Å². The van der Waals surface area contributed by atoms with Gasteiger partial charge in [0.05, 0.1) is 0 Å². The zero-order valence-corrected chi connectivity index (χ0v) is 13.3. The monoisotopic (exact) mass is 323 g/mol. The molecule has 1 unspecified atom stereocenters. The molecule has 0 aromatic heterocycles. The van der Waals surface area contributed by atoms with E-state index in [1.165, 1.54) is 0 Å². The van der Waals surface area contributed by atoms with Crippen LogP contribution in [-0.2, 0) is 4.79 Å². The molecule has 2 amide bonds. The molecule has 22 heavy (non-hydrogen) atoms. The average molecular weight is 324 g/mol. The van der Waals surface area contributed by atoms with Crippen molar-refractivity contribution < 1.29 is 9.59 Å². The number of nitrogens with zero attached hydrogens (tertiary/aromatic N) is 1. The molecule has 5 nitrogen and oxygen atoms in total. The van der Waals surface area contributed by atoms with Gasteiger partial charge in [0.1, 0.15) is 0 Å². The van der Waals surface area contributed by atoms with Gasteiger partial charge < -0.3 is 16.0 Å². The van der Waals surface area contributed by atoms with E-state index in [1.54, 1.807) is 17.0 Å². The van der Waals surface area contributed by atoms with Crippen LogP contribution in [0.1, 0.15) is 36.0 Å². The van der Waals surface area contributed by atoms with E-state index in [9.17, 15) is 9.59 Å². The zero-order valence-electron chi connectivity index (χ0n) is 12.5. The summed E-state index contributed by atoms with van der Waals surface area (Å²) in [6.45, 7) is 1.21. The van der Waals surface area contributed by atoms with Gasteiger partial charge in [-0.15, -0.1) is 12.4 Å². The second-order valence-electron chi connectivity index (χ2n) is 5.85. The minimum Gasteiger partial charge on any atom is -0.348 e. The summed E-state index contributed by atoms with van der Waals surface area (Å²) in [6.07, 6.45) is 3.76. The van der Waals surface area contributed by atoms with E-state index in [1.807, 2.05) is 12.1 Å². The maximum absolute atomic E-state index is 12.3. The first-order chi connectivity index (χ1) is 10.2. The third-order valence-electron chi connectivity index (χ3n) is 4.25. The fourth-order valence-corrected chi connectivity index (χ4v) is 2.86. The summed E-state index contributed by atoms with van der Waals surface area (Å²) in [5, 5.41) is 3.01. The van der Waals surface area contributed by atoms with Gasteiger partial charge in [-0.3, -0.25) is 9.59 Å². The molecular weight excluding hydrogens is 302 g/mol. The average Bonchev–Trinajstić information content (AvgIpc) is 3.26. The first-order valence-corrected chi connectivity index (χ1v) is 7.60. The van der Waals surface area contributed by atoms with Crippen LogP contribution in [0.15, 0.2) is 24.3 Å². The number of rotatable bonds is 5. The molecule has 1 saturated heterocycles. The van der Waals surface area contributed by atoms with Crippen LogP contribution in [0.2, 0.25) is 0 Å². The van der Waals surface area contributed by atoms with Gasteiger partial charge >= 0.3 is 0 Å². The molecule has 1 saturated carbocycles. The number of hydrogen-bond donors (Lipinski definition) is 2. The summed E-state index contributed by atoms with van der Waals surface area (Å²) in [5.41, 5.74) is 7.12. The van der Waals surface area contributed by atoms with Crippen LogP contribution >= 0.6 is 12.4 Å². The summed E-state index contributed by atoms with van der Waals surface area (Å²) in [5.74, 6) is 0.554. The van der Waals surface area contributed by atoms with Crippen LogP contribution in [0, 0.1) is 5.92 Å². The number of carbonyl (C=O) groups excluding carboxylic acids is 2. The first kappa shape index (κ1) is 16.8.